The van der Waals surface area contributed by atoms with Crippen LogP contribution in [0.2, 0.25) is 0 Å². The number of nitrogens with two attached hydrogens (primary N) is 1. The van der Waals surface area contributed by atoms with Crippen LogP contribution in [0.3, 0.4) is 0 Å². The molecule has 0 amide bonds. The molecule has 1 aliphatic carbocycles. The van der Waals surface area contributed by atoms with Gasteiger partial charge in [0.05, 0.1) is 33.7 Å². The van der Waals surface area contributed by atoms with Gasteiger partial charge < -0.3 is 15.8 Å². The summed E-state index contributed by atoms with van der Waals surface area (Å²) in [6.07, 6.45) is 5.28. The van der Waals surface area contributed by atoms with Crippen molar-refractivity contribution in [3.63, 3.8) is 0 Å². The molecule has 4 heterocycles. The Labute approximate surface area is 194 Å². The first-order valence-corrected chi connectivity index (χ1v) is 11.2. The lowest BCUT2D eigenvalue weighted by molar-refractivity contribution is 0.103. The van der Waals surface area contributed by atoms with Crippen molar-refractivity contribution in [1.82, 2.24) is 29.5 Å². The number of carbonyl (C=O) groups excluding carboxylic acids is 1. The number of rotatable bonds is 4. The molecule has 4 N–H and O–H groups in total. The van der Waals surface area contributed by atoms with Gasteiger partial charge in [0, 0.05) is 23.9 Å². The summed E-state index contributed by atoms with van der Waals surface area (Å²) < 4.78 is 1.70. The number of hydrogen-bond acceptors (Lipinski definition) is 7. The van der Waals surface area contributed by atoms with Crippen LogP contribution < -0.4 is 5.73 Å². The number of anilines is 1. The highest BCUT2D eigenvalue weighted by atomic mass is 16.3. The summed E-state index contributed by atoms with van der Waals surface area (Å²) in [5.41, 5.74) is 12.8. The average molecular weight is 454 g/mol. The van der Waals surface area contributed by atoms with Crippen LogP contribution in [0.25, 0.3) is 27.9 Å². The number of carbonyl (C=O) groups is 1. The number of ketones is 1. The topological polar surface area (TPSA) is 136 Å². The van der Waals surface area contributed by atoms with Gasteiger partial charge in [-0.15, -0.1) is 0 Å². The predicted octanol–water partition coefficient (Wildman–Crippen LogP) is 4.01. The Balaban J connectivity index is 1.58. The highest BCUT2D eigenvalue weighted by Gasteiger charge is 2.31. The van der Waals surface area contributed by atoms with Gasteiger partial charge in [0.2, 0.25) is 5.78 Å². The molecule has 1 fully saturated rings. The lowest BCUT2D eigenvalue weighted by atomic mass is 10.1. The quantitative estimate of drug-likeness (QED) is 0.350. The van der Waals surface area contributed by atoms with E-state index in [0.29, 0.717) is 45.4 Å². The van der Waals surface area contributed by atoms with E-state index in [1.165, 1.54) is 6.20 Å². The molecule has 34 heavy (non-hydrogen) atoms. The normalized spacial score (nSPS) is 13.7. The summed E-state index contributed by atoms with van der Waals surface area (Å²) in [5.74, 6) is 1.14. The Morgan fingerprint density at radius 2 is 1.91 bits per heavy atom. The zero-order chi connectivity index (χ0) is 23.7. The van der Waals surface area contributed by atoms with E-state index in [2.05, 4.69) is 24.9 Å². The number of aromatic nitrogens is 6. The SMILES string of the molecule is Cc1nc(C2CC2)c2[nH]c(C(=O)c3c(N)n(-c4c(C)ccc(O)c4C)c4nccnc34)cc2n1. The number of benzene rings is 1. The molecule has 0 bridgehead atoms. The third-order valence-corrected chi connectivity index (χ3v) is 6.51. The Kier molecular flexibility index (Phi) is 4.26. The van der Waals surface area contributed by atoms with Crippen molar-refractivity contribution in [2.75, 3.05) is 5.73 Å². The van der Waals surface area contributed by atoms with Gasteiger partial charge >= 0.3 is 0 Å². The lowest BCUT2D eigenvalue weighted by Crippen LogP contribution is -2.09. The predicted molar refractivity (Wildman–Crippen MR) is 128 cm³/mol. The summed E-state index contributed by atoms with van der Waals surface area (Å²) in [4.78, 5) is 35.2. The van der Waals surface area contributed by atoms with E-state index in [-0.39, 0.29) is 22.9 Å². The number of H-pyrrole nitrogens is 1. The zero-order valence-electron chi connectivity index (χ0n) is 19.0. The van der Waals surface area contributed by atoms with Crippen LogP contribution in [0.15, 0.2) is 30.6 Å². The van der Waals surface area contributed by atoms with E-state index >= 15 is 0 Å². The van der Waals surface area contributed by atoms with Crippen molar-refractivity contribution >= 4 is 33.8 Å². The van der Waals surface area contributed by atoms with Crippen molar-refractivity contribution < 1.29 is 9.90 Å². The fraction of sp³-hybridized carbons (Fsp3) is 0.240. The number of phenolic OH excluding ortho intramolecular Hbond substituents is 1. The first kappa shape index (κ1) is 20.3. The molecule has 1 saturated carbocycles. The maximum Gasteiger partial charge on any atom is 0.215 e. The number of aromatic amines is 1. The molecule has 0 aliphatic heterocycles. The lowest BCUT2D eigenvalue weighted by Gasteiger charge is -2.15. The average Bonchev–Trinajstić information content (AvgIpc) is 3.51. The number of hydrogen-bond donors (Lipinski definition) is 3. The van der Waals surface area contributed by atoms with Gasteiger partial charge in [-0.05, 0) is 51.3 Å². The minimum Gasteiger partial charge on any atom is -0.508 e. The molecular weight excluding hydrogens is 430 g/mol. The first-order chi connectivity index (χ1) is 16.3. The van der Waals surface area contributed by atoms with E-state index in [1.54, 1.807) is 35.9 Å². The monoisotopic (exact) mass is 453 g/mol. The smallest absolute Gasteiger partial charge is 0.215 e. The third-order valence-electron chi connectivity index (χ3n) is 6.51. The standard InChI is InChI=1S/C25H23N7O2/c1-11-4-7-17(33)12(2)22(11)32-24(26)18(21-25(32)28-9-8-27-21)23(34)16-10-15-20(31-16)19(14-5-6-14)30-13(3)29-15/h4,7-10,14,31,33H,5-6,26H2,1-3H3. The summed E-state index contributed by atoms with van der Waals surface area (Å²) in [5, 5.41) is 10.3. The second kappa shape index (κ2) is 7.11. The number of nitrogens with one attached hydrogen (secondary N) is 1. The fourth-order valence-electron chi connectivity index (χ4n) is 4.70. The molecule has 0 unspecified atom stereocenters. The Hall–Kier alpha value is -4.27. The molecule has 170 valence electrons. The van der Waals surface area contributed by atoms with Gasteiger partial charge in [-0.3, -0.25) is 14.3 Å². The van der Waals surface area contributed by atoms with E-state index < -0.39 is 0 Å². The minimum absolute atomic E-state index is 0.135. The molecule has 0 atom stereocenters. The molecular formula is C25H23N7O2. The highest BCUT2D eigenvalue weighted by molar-refractivity contribution is 6.19. The first-order valence-electron chi connectivity index (χ1n) is 11.2. The molecule has 9 nitrogen and oxygen atoms in total. The van der Waals surface area contributed by atoms with Crippen molar-refractivity contribution in [3.8, 4) is 11.4 Å². The van der Waals surface area contributed by atoms with E-state index in [1.807, 2.05) is 13.8 Å². The molecule has 1 aliphatic rings. The molecule has 0 saturated heterocycles. The maximum absolute atomic E-state index is 13.8. The molecule has 4 aromatic heterocycles. The molecule has 0 radical (unpaired) electrons. The molecule has 1 aromatic carbocycles. The third kappa shape index (κ3) is 2.89. The van der Waals surface area contributed by atoms with E-state index in [9.17, 15) is 9.90 Å². The Morgan fingerprint density at radius 1 is 1.15 bits per heavy atom. The van der Waals surface area contributed by atoms with Crippen molar-refractivity contribution in [2.45, 2.75) is 39.5 Å². The van der Waals surface area contributed by atoms with Crippen LogP contribution in [0, 0.1) is 20.8 Å². The summed E-state index contributed by atoms with van der Waals surface area (Å²) in [6.45, 7) is 5.59. The number of phenols is 1. The van der Waals surface area contributed by atoms with Gasteiger partial charge in [-0.1, -0.05) is 6.07 Å². The van der Waals surface area contributed by atoms with Crippen molar-refractivity contribution in [3.05, 3.63) is 64.5 Å². The second-order valence-electron chi connectivity index (χ2n) is 8.90. The molecule has 5 aromatic rings. The largest absolute Gasteiger partial charge is 0.508 e. The highest BCUT2D eigenvalue weighted by Crippen LogP contribution is 2.42. The van der Waals surface area contributed by atoms with Gasteiger partial charge in [0.15, 0.2) is 5.65 Å². The van der Waals surface area contributed by atoms with Crippen LogP contribution in [-0.4, -0.2) is 40.4 Å². The molecule has 6 rings (SSSR count). The summed E-state index contributed by atoms with van der Waals surface area (Å²) in [7, 11) is 0. The Morgan fingerprint density at radius 3 is 2.68 bits per heavy atom. The Bertz CT molecular complexity index is 1640. The molecule has 0 spiro atoms. The van der Waals surface area contributed by atoms with Crippen LogP contribution in [0.5, 0.6) is 5.75 Å². The maximum atomic E-state index is 13.8. The van der Waals surface area contributed by atoms with Gasteiger partial charge in [0.25, 0.3) is 0 Å². The summed E-state index contributed by atoms with van der Waals surface area (Å²) in [6, 6.07) is 5.19. The summed E-state index contributed by atoms with van der Waals surface area (Å²) >= 11 is 0. The number of aromatic hydroxyl groups is 1. The fourth-order valence-corrected chi connectivity index (χ4v) is 4.70. The van der Waals surface area contributed by atoms with Gasteiger partial charge in [0.1, 0.15) is 22.9 Å². The van der Waals surface area contributed by atoms with Crippen LogP contribution in [-0.2, 0) is 0 Å². The number of nitrogen functional groups attached to an aromatic ring is 1. The number of fused-ring (bicyclic) bond motifs is 2. The van der Waals surface area contributed by atoms with Gasteiger partial charge in [-0.2, -0.15) is 0 Å². The van der Waals surface area contributed by atoms with E-state index in [4.69, 9.17) is 5.73 Å². The van der Waals surface area contributed by atoms with E-state index in [0.717, 1.165) is 29.6 Å². The van der Waals surface area contributed by atoms with Crippen LogP contribution >= 0.6 is 0 Å². The number of nitrogens with zero attached hydrogens (tertiary/aromatic N) is 5. The zero-order valence-corrected chi connectivity index (χ0v) is 19.0. The second-order valence-corrected chi connectivity index (χ2v) is 8.90. The number of aryl methyl sites for hydroxylation is 2. The van der Waals surface area contributed by atoms with Crippen molar-refractivity contribution in [1.29, 1.82) is 0 Å². The minimum atomic E-state index is -0.297. The van der Waals surface area contributed by atoms with Crippen LogP contribution in [0.4, 0.5) is 5.82 Å². The van der Waals surface area contributed by atoms with Gasteiger partial charge in [-0.25, -0.2) is 15.0 Å². The molecule has 9 heteroatoms. The van der Waals surface area contributed by atoms with Crippen LogP contribution in [0.1, 0.15) is 57.5 Å². The van der Waals surface area contributed by atoms with Crippen molar-refractivity contribution in [2.24, 2.45) is 0 Å².